The molecular formula is C26H23AsF8O2. The van der Waals surface area contributed by atoms with Gasteiger partial charge in [0.1, 0.15) is 0 Å². The van der Waals surface area contributed by atoms with Crippen LogP contribution in [0.15, 0.2) is 72.8 Å². The molecule has 0 spiro atoms. The predicted molar refractivity (Wildman–Crippen MR) is 125 cm³/mol. The van der Waals surface area contributed by atoms with Gasteiger partial charge in [0.2, 0.25) is 0 Å². The van der Waals surface area contributed by atoms with Crippen molar-refractivity contribution in [3.05, 3.63) is 89.5 Å². The van der Waals surface area contributed by atoms with E-state index in [2.05, 4.69) is 0 Å². The van der Waals surface area contributed by atoms with E-state index in [0.29, 0.717) is 28.0 Å². The van der Waals surface area contributed by atoms with Gasteiger partial charge in [-0.05, 0) is 0 Å². The Bertz CT molecular complexity index is 1190. The van der Waals surface area contributed by atoms with E-state index in [1.165, 1.54) is 12.1 Å². The van der Waals surface area contributed by atoms with Crippen LogP contribution in [0.4, 0.5) is 35.1 Å². The molecular weight excluding hydrogens is 571 g/mol. The number of ether oxygens (including phenoxy) is 1. The van der Waals surface area contributed by atoms with Crippen LogP contribution in [-0.4, -0.2) is 38.2 Å². The fraction of sp³-hybridized carbons (Fsp3) is 0.308. The predicted octanol–water partition coefficient (Wildman–Crippen LogP) is 7.10. The molecule has 3 rings (SSSR count). The van der Waals surface area contributed by atoms with Gasteiger partial charge in [-0.15, -0.1) is 0 Å². The number of alkyl halides is 8. The second-order valence-corrected chi connectivity index (χ2v) is 13.1. The second kappa shape index (κ2) is 11.4. The number of aliphatic hydroxyl groups is 1. The van der Waals surface area contributed by atoms with Gasteiger partial charge in [0.25, 0.3) is 0 Å². The summed E-state index contributed by atoms with van der Waals surface area (Å²) in [5, 5.41) is 8.89. The Hall–Kier alpha value is -2.58. The first kappa shape index (κ1) is 29.0. The van der Waals surface area contributed by atoms with E-state index in [1.54, 1.807) is 30.3 Å². The number of aryl methyl sites for hydroxylation is 1. The molecule has 0 fully saturated rings. The van der Waals surface area contributed by atoms with E-state index >= 15 is 0 Å². The van der Waals surface area contributed by atoms with Gasteiger partial charge in [0.05, 0.1) is 0 Å². The van der Waals surface area contributed by atoms with Crippen molar-refractivity contribution in [2.75, 3.05) is 0 Å². The van der Waals surface area contributed by atoms with Crippen LogP contribution < -0.4 is 9.09 Å². The first-order valence-electron chi connectivity index (χ1n) is 11.1. The molecule has 0 saturated heterocycles. The standard InChI is InChI=1S/C26H23AsF8O2/c1-2-17-6-4-10-21(13-17)37-22-11-5-9-20(14-22)27(16-23(36)25(30,31)32)15-18-7-3-8-19(12-18)24(28,29)26(33,34)35/h3-14,23,36H,2,15-16H2,1H3/t23-,27?/m0/s1. The van der Waals surface area contributed by atoms with Crippen LogP contribution in [0, 0.1) is 0 Å². The fourth-order valence-electron chi connectivity index (χ4n) is 3.53. The van der Waals surface area contributed by atoms with Gasteiger partial charge in [0.15, 0.2) is 0 Å². The summed E-state index contributed by atoms with van der Waals surface area (Å²) in [4.78, 5) is 0. The third kappa shape index (κ3) is 7.48. The molecule has 3 aromatic rings. The molecule has 1 unspecified atom stereocenters. The van der Waals surface area contributed by atoms with Crippen LogP contribution in [0.1, 0.15) is 23.6 Å². The molecule has 0 radical (unpaired) electrons. The first-order valence-corrected chi connectivity index (χ1v) is 14.7. The summed E-state index contributed by atoms with van der Waals surface area (Å²) in [6, 6.07) is 17.0. The third-order valence-electron chi connectivity index (χ3n) is 5.52. The van der Waals surface area contributed by atoms with Crippen molar-refractivity contribution >= 4 is 19.0 Å². The Morgan fingerprint density at radius 3 is 2.00 bits per heavy atom. The van der Waals surface area contributed by atoms with Crippen molar-refractivity contribution in [1.82, 2.24) is 0 Å². The SMILES string of the molecule is CCc1cccc(Oc2cccc([As](Cc3cccc(C(F)(F)C(F)(F)F)c3)C[C@H](O)C(F)(F)F)c2)c1. The number of aliphatic hydroxyl groups excluding tert-OH is 1. The number of hydrogen-bond donors (Lipinski definition) is 1. The van der Waals surface area contributed by atoms with Crippen LogP contribution in [0.3, 0.4) is 0 Å². The number of halogens is 8. The van der Waals surface area contributed by atoms with Crippen molar-refractivity contribution < 1.29 is 45.0 Å². The van der Waals surface area contributed by atoms with E-state index < -0.39 is 49.8 Å². The van der Waals surface area contributed by atoms with Gasteiger partial charge in [-0.2, -0.15) is 0 Å². The van der Waals surface area contributed by atoms with E-state index in [0.717, 1.165) is 18.1 Å². The molecule has 200 valence electrons. The molecule has 0 aliphatic rings. The van der Waals surface area contributed by atoms with Crippen LogP contribution in [0.2, 0.25) is 5.21 Å². The van der Waals surface area contributed by atoms with Crippen LogP contribution in [-0.2, 0) is 17.6 Å². The van der Waals surface area contributed by atoms with Gasteiger partial charge < -0.3 is 0 Å². The van der Waals surface area contributed by atoms with Gasteiger partial charge in [0, 0.05) is 0 Å². The van der Waals surface area contributed by atoms with Gasteiger partial charge >= 0.3 is 213 Å². The summed E-state index contributed by atoms with van der Waals surface area (Å²) in [5.41, 5.74) is -0.265. The van der Waals surface area contributed by atoms with Crippen molar-refractivity contribution in [1.29, 1.82) is 0 Å². The quantitative estimate of drug-likeness (QED) is 0.212. The van der Waals surface area contributed by atoms with Gasteiger partial charge in [-0.1, -0.05) is 0 Å². The van der Waals surface area contributed by atoms with Gasteiger partial charge in [-0.3, -0.25) is 0 Å². The topological polar surface area (TPSA) is 29.5 Å². The monoisotopic (exact) mass is 594 g/mol. The minimum atomic E-state index is -5.82. The summed E-state index contributed by atoms with van der Waals surface area (Å²) in [5.74, 6) is -4.29. The summed E-state index contributed by atoms with van der Waals surface area (Å²) >= 11 is -2.91. The van der Waals surface area contributed by atoms with Crippen molar-refractivity contribution in [3.8, 4) is 11.5 Å². The van der Waals surface area contributed by atoms with Crippen molar-refractivity contribution in [2.24, 2.45) is 0 Å². The Kier molecular flexibility index (Phi) is 8.96. The van der Waals surface area contributed by atoms with Crippen LogP contribution >= 0.6 is 0 Å². The van der Waals surface area contributed by atoms with E-state index in [9.17, 15) is 40.2 Å². The molecule has 1 N–H and O–H groups in total. The van der Waals surface area contributed by atoms with Gasteiger partial charge in [-0.25, -0.2) is 0 Å². The first-order chi connectivity index (χ1) is 17.2. The van der Waals surface area contributed by atoms with Crippen molar-refractivity contribution in [3.63, 3.8) is 0 Å². The molecule has 2 atom stereocenters. The molecule has 0 aromatic heterocycles. The molecule has 2 nitrogen and oxygen atoms in total. The maximum absolute atomic E-state index is 13.9. The Balaban J connectivity index is 1.94. The number of hydrogen-bond acceptors (Lipinski definition) is 2. The number of benzene rings is 3. The van der Waals surface area contributed by atoms with Crippen LogP contribution in [0.5, 0.6) is 11.5 Å². The van der Waals surface area contributed by atoms with E-state index in [1.807, 2.05) is 19.1 Å². The zero-order valence-corrected chi connectivity index (χ0v) is 21.3. The molecule has 0 heterocycles. The fourth-order valence-corrected chi connectivity index (χ4v) is 8.55. The molecule has 0 aliphatic carbocycles. The maximum atomic E-state index is 13.9. The average molecular weight is 594 g/mol. The van der Waals surface area contributed by atoms with E-state index in [-0.39, 0.29) is 10.8 Å². The second-order valence-electron chi connectivity index (χ2n) is 8.31. The molecule has 11 heteroatoms. The van der Waals surface area contributed by atoms with Crippen molar-refractivity contribution in [2.45, 2.75) is 48.1 Å². The average Bonchev–Trinajstić information content (AvgIpc) is 2.82. The summed E-state index contributed by atoms with van der Waals surface area (Å²) in [6.45, 7) is 1.96. The van der Waals surface area contributed by atoms with E-state index in [4.69, 9.17) is 4.74 Å². The molecule has 0 aliphatic heterocycles. The Labute approximate surface area is 213 Å². The third-order valence-corrected chi connectivity index (χ3v) is 10.8. The molecule has 0 saturated carbocycles. The number of rotatable bonds is 9. The summed E-state index contributed by atoms with van der Waals surface area (Å²) in [7, 11) is 0. The zero-order valence-electron chi connectivity index (χ0n) is 19.5. The molecule has 37 heavy (non-hydrogen) atoms. The molecule has 0 bridgehead atoms. The zero-order chi connectivity index (χ0) is 27.4. The summed E-state index contributed by atoms with van der Waals surface area (Å²) in [6.07, 6.45) is -12.6. The minimum absolute atomic E-state index is 0.0257. The normalized spacial score (nSPS) is 14.3. The Morgan fingerprint density at radius 2 is 1.38 bits per heavy atom. The summed E-state index contributed by atoms with van der Waals surface area (Å²) < 4.78 is 112. The molecule has 0 amide bonds. The Morgan fingerprint density at radius 1 is 0.784 bits per heavy atom. The molecule has 3 aromatic carbocycles. The van der Waals surface area contributed by atoms with Crippen LogP contribution in [0.25, 0.3) is 0 Å².